The van der Waals surface area contributed by atoms with Gasteiger partial charge in [-0.15, -0.1) is 0 Å². The molecule has 15 heavy (non-hydrogen) atoms. The van der Waals surface area contributed by atoms with Crippen molar-refractivity contribution in [2.24, 2.45) is 0 Å². The molecule has 3 heteroatoms. The maximum Gasteiger partial charge on any atom is 0.133 e. The Balaban J connectivity index is 2.66. The van der Waals surface area contributed by atoms with Gasteiger partial charge in [-0.2, -0.15) is 5.26 Å². The number of thiocyanates is 1. The largest absolute Gasteiger partial charge is 0.185 e. The number of benzene rings is 1. The van der Waals surface area contributed by atoms with Gasteiger partial charge in [0.25, 0.3) is 0 Å². The average molecular weight is 284 g/mol. The summed E-state index contributed by atoms with van der Waals surface area (Å²) in [5.41, 5.74) is 1.36. The van der Waals surface area contributed by atoms with Gasteiger partial charge in [0.2, 0.25) is 0 Å². The number of hydrogen-bond donors (Lipinski definition) is 0. The first-order chi connectivity index (χ1) is 7.29. The summed E-state index contributed by atoms with van der Waals surface area (Å²) in [5, 5.41) is 10.6. The zero-order chi connectivity index (χ0) is 11.1. The van der Waals surface area contributed by atoms with Gasteiger partial charge in [0.05, 0.1) is 0 Å². The summed E-state index contributed by atoms with van der Waals surface area (Å²) in [5.74, 6) is 1.47. The molecule has 1 unspecified atom stereocenters. The van der Waals surface area contributed by atoms with Gasteiger partial charge in [-0.05, 0) is 42.2 Å². The van der Waals surface area contributed by atoms with Crippen molar-refractivity contribution in [2.45, 2.75) is 25.7 Å². The van der Waals surface area contributed by atoms with Crippen LogP contribution in [0.4, 0.5) is 0 Å². The highest BCUT2D eigenvalue weighted by molar-refractivity contribution is 9.10. The first-order valence-electron chi connectivity index (χ1n) is 5.05. The van der Waals surface area contributed by atoms with Crippen molar-refractivity contribution in [3.05, 3.63) is 34.3 Å². The minimum Gasteiger partial charge on any atom is -0.185 e. The molecule has 0 bridgehead atoms. The van der Waals surface area contributed by atoms with Gasteiger partial charge in [0, 0.05) is 10.2 Å². The Morgan fingerprint density at radius 3 is 2.80 bits per heavy atom. The van der Waals surface area contributed by atoms with E-state index < -0.39 is 0 Å². The number of halogens is 1. The summed E-state index contributed by atoms with van der Waals surface area (Å²) >= 11 is 4.92. The lowest BCUT2D eigenvalue weighted by Gasteiger charge is -2.15. The SMILES string of the molecule is CCC(CCSC#N)c1ccccc1Br. The standard InChI is InChI=1S/C12H14BrNS/c1-2-10(7-8-15-9-14)11-5-3-4-6-12(11)13/h3-6,10H,2,7-8H2,1H3. The normalized spacial score (nSPS) is 12.1. The van der Waals surface area contributed by atoms with Crippen LogP contribution < -0.4 is 0 Å². The van der Waals surface area contributed by atoms with E-state index in [1.807, 2.05) is 6.07 Å². The molecule has 80 valence electrons. The molecular formula is C12H14BrNS. The van der Waals surface area contributed by atoms with E-state index >= 15 is 0 Å². The Labute approximate surface area is 104 Å². The van der Waals surface area contributed by atoms with E-state index in [0.29, 0.717) is 5.92 Å². The monoisotopic (exact) mass is 283 g/mol. The van der Waals surface area contributed by atoms with Crippen molar-refractivity contribution in [3.63, 3.8) is 0 Å². The Kier molecular flexibility index (Phi) is 5.82. The number of nitrogens with zero attached hydrogens (tertiary/aromatic N) is 1. The first-order valence-corrected chi connectivity index (χ1v) is 6.82. The van der Waals surface area contributed by atoms with Crippen molar-refractivity contribution in [1.29, 1.82) is 5.26 Å². The minimum atomic E-state index is 0.557. The third kappa shape index (κ3) is 3.89. The molecule has 1 nitrogen and oxygen atoms in total. The minimum absolute atomic E-state index is 0.557. The van der Waals surface area contributed by atoms with E-state index in [0.717, 1.165) is 18.6 Å². The lowest BCUT2D eigenvalue weighted by molar-refractivity contribution is 0.645. The Morgan fingerprint density at radius 1 is 1.47 bits per heavy atom. The molecule has 0 N–H and O–H groups in total. The van der Waals surface area contributed by atoms with Crippen molar-refractivity contribution >= 4 is 27.7 Å². The van der Waals surface area contributed by atoms with Gasteiger partial charge in [-0.25, -0.2) is 0 Å². The fourth-order valence-electron chi connectivity index (χ4n) is 1.63. The highest BCUT2D eigenvalue weighted by atomic mass is 79.9. The second kappa shape index (κ2) is 6.92. The van der Waals surface area contributed by atoms with Crippen LogP contribution in [0.25, 0.3) is 0 Å². The van der Waals surface area contributed by atoms with Gasteiger partial charge in [-0.3, -0.25) is 0 Å². The zero-order valence-corrected chi connectivity index (χ0v) is 11.1. The molecule has 1 aromatic rings. The quantitative estimate of drug-likeness (QED) is 0.585. The maximum absolute atomic E-state index is 8.48. The molecule has 0 heterocycles. The second-order valence-electron chi connectivity index (χ2n) is 3.36. The van der Waals surface area contributed by atoms with E-state index in [1.54, 1.807) is 0 Å². The van der Waals surface area contributed by atoms with Crippen LogP contribution in [-0.4, -0.2) is 5.75 Å². The summed E-state index contributed by atoms with van der Waals surface area (Å²) in [6.07, 6.45) is 2.19. The van der Waals surface area contributed by atoms with Crippen molar-refractivity contribution < 1.29 is 0 Å². The van der Waals surface area contributed by atoms with E-state index in [2.05, 4.69) is 46.5 Å². The molecule has 1 rings (SSSR count). The summed E-state index contributed by atoms with van der Waals surface area (Å²) in [6, 6.07) is 8.34. The third-order valence-corrected chi connectivity index (χ3v) is 3.76. The molecule has 0 amide bonds. The number of hydrogen-bond acceptors (Lipinski definition) is 2. The Hall–Kier alpha value is -0.460. The lowest BCUT2D eigenvalue weighted by atomic mass is 9.94. The average Bonchev–Trinajstić information content (AvgIpc) is 2.26. The smallest absolute Gasteiger partial charge is 0.133 e. The summed E-state index contributed by atoms with van der Waals surface area (Å²) < 4.78 is 1.18. The van der Waals surface area contributed by atoms with Crippen LogP contribution in [0.2, 0.25) is 0 Å². The molecule has 0 fully saturated rings. The molecule has 0 aromatic heterocycles. The summed E-state index contributed by atoms with van der Waals surface area (Å²) in [6.45, 7) is 2.20. The second-order valence-corrected chi connectivity index (χ2v) is 5.09. The predicted octanol–water partition coefficient (Wildman–Crippen LogP) is 4.55. The van der Waals surface area contributed by atoms with Gasteiger partial charge < -0.3 is 0 Å². The molecule has 1 aromatic carbocycles. The number of nitriles is 1. The van der Waals surface area contributed by atoms with Crippen molar-refractivity contribution in [2.75, 3.05) is 5.75 Å². The van der Waals surface area contributed by atoms with Gasteiger partial charge >= 0.3 is 0 Å². The molecule has 0 saturated heterocycles. The fourth-order valence-corrected chi connectivity index (χ4v) is 2.73. The molecule has 1 atom stereocenters. The van der Waals surface area contributed by atoms with Gasteiger partial charge in [-0.1, -0.05) is 41.1 Å². The fraction of sp³-hybridized carbons (Fsp3) is 0.417. The lowest BCUT2D eigenvalue weighted by Crippen LogP contribution is -1.99. The first kappa shape index (κ1) is 12.6. The van der Waals surface area contributed by atoms with E-state index in [9.17, 15) is 0 Å². The van der Waals surface area contributed by atoms with Crippen LogP contribution in [0, 0.1) is 10.7 Å². The molecule has 0 aliphatic rings. The summed E-state index contributed by atoms with van der Waals surface area (Å²) in [7, 11) is 0. The van der Waals surface area contributed by atoms with E-state index in [1.165, 1.54) is 21.8 Å². The molecule has 0 spiro atoms. The van der Waals surface area contributed by atoms with Crippen LogP contribution in [0.5, 0.6) is 0 Å². The zero-order valence-electron chi connectivity index (χ0n) is 8.74. The summed E-state index contributed by atoms with van der Waals surface area (Å²) in [4.78, 5) is 0. The molecular weight excluding hydrogens is 270 g/mol. The Morgan fingerprint density at radius 2 is 2.20 bits per heavy atom. The highest BCUT2D eigenvalue weighted by Crippen LogP contribution is 2.30. The van der Waals surface area contributed by atoms with Gasteiger partial charge in [0.15, 0.2) is 0 Å². The van der Waals surface area contributed by atoms with Crippen LogP contribution in [-0.2, 0) is 0 Å². The highest BCUT2D eigenvalue weighted by Gasteiger charge is 2.11. The number of thioether (sulfide) groups is 1. The van der Waals surface area contributed by atoms with Crippen molar-refractivity contribution in [1.82, 2.24) is 0 Å². The van der Waals surface area contributed by atoms with E-state index in [4.69, 9.17) is 5.26 Å². The Bertz CT molecular complexity index is 346. The molecule has 0 saturated carbocycles. The van der Waals surface area contributed by atoms with Crippen LogP contribution in [0.15, 0.2) is 28.7 Å². The maximum atomic E-state index is 8.48. The molecule has 0 aliphatic heterocycles. The number of rotatable bonds is 5. The predicted molar refractivity (Wildman–Crippen MR) is 69.9 cm³/mol. The molecule has 0 radical (unpaired) electrons. The van der Waals surface area contributed by atoms with Crippen LogP contribution in [0.1, 0.15) is 31.2 Å². The van der Waals surface area contributed by atoms with Crippen LogP contribution >= 0.6 is 27.7 Å². The topological polar surface area (TPSA) is 23.8 Å². The van der Waals surface area contributed by atoms with Gasteiger partial charge in [0.1, 0.15) is 5.40 Å². The van der Waals surface area contributed by atoms with Crippen LogP contribution in [0.3, 0.4) is 0 Å². The third-order valence-electron chi connectivity index (χ3n) is 2.47. The van der Waals surface area contributed by atoms with E-state index in [-0.39, 0.29) is 0 Å². The van der Waals surface area contributed by atoms with Crippen molar-refractivity contribution in [3.8, 4) is 5.40 Å². The molecule has 0 aliphatic carbocycles.